The molecule has 0 saturated carbocycles. The maximum absolute atomic E-state index is 5.81. The van der Waals surface area contributed by atoms with Gasteiger partial charge in [0.25, 0.3) is 0 Å². The van der Waals surface area contributed by atoms with Crippen LogP contribution in [-0.4, -0.2) is 19.0 Å². The Bertz CT molecular complexity index is 236. The van der Waals surface area contributed by atoms with E-state index in [9.17, 15) is 0 Å². The van der Waals surface area contributed by atoms with Crippen molar-refractivity contribution in [3.05, 3.63) is 10.6 Å². The predicted octanol–water partition coefficient (Wildman–Crippen LogP) is 3.85. The van der Waals surface area contributed by atoms with Gasteiger partial charge >= 0.3 is 0 Å². The van der Waals surface area contributed by atoms with E-state index in [0.29, 0.717) is 12.0 Å². The van der Waals surface area contributed by atoms with Crippen molar-refractivity contribution in [2.24, 2.45) is 5.41 Å². The van der Waals surface area contributed by atoms with E-state index in [0.717, 1.165) is 12.8 Å². The fraction of sp³-hybridized carbons (Fsp3) is 0.833. The van der Waals surface area contributed by atoms with Crippen molar-refractivity contribution in [1.29, 1.82) is 0 Å². The predicted molar refractivity (Wildman–Crippen MR) is 66.0 cm³/mol. The van der Waals surface area contributed by atoms with Crippen LogP contribution in [0, 0.1) is 5.41 Å². The zero-order valence-corrected chi connectivity index (χ0v) is 11.6. The average molecular weight is 277 g/mol. The molecule has 0 saturated heterocycles. The summed E-state index contributed by atoms with van der Waals surface area (Å²) in [6.07, 6.45) is 4.35. The number of ether oxygens (including phenoxy) is 2. The minimum atomic E-state index is -0.120. The van der Waals surface area contributed by atoms with Crippen LogP contribution in [-0.2, 0) is 9.47 Å². The monoisotopic (exact) mass is 276 g/mol. The lowest BCUT2D eigenvalue weighted by Gasteiger charge is -2.34. The summed E-state index contributed by atoms with van der Waals surface area (Å²) >= 11 is 3.57. The van der Waals surface area contributed by atoms with E-state index in [1.54, 1.807) is 0 Å². The van der Waals surface area contributed by atoms with Gasteiger partial charge in [0.15, 0.2) is 6.29 Å². The largest absolute Gasteiger partial charge is 0.353 e. The quantitative estimate of drug-likeness (QED) is 0.727. The fourth-order valence-electron chi connectivity index (χ4n) is 2.00. The third-order valence-corrected chi connectivity index (χ3v) is 3.08. The average Bonchev–Trinajstić information content (AvgIpc) is 1.99. The summed E-state index contributed by atoms with van der Waals surface area (Å²) < 4.78 is 12.4. The van der Waals surface area contributed by atoms with E-state index in [1.807, 2.05) is 13.8 Å². The minimum Gasteiger partial charge on any atom is -0.353 e. The van der Waals surface area contributed by atoms with Crippen molar-refractivity contribution in [2.45, 2.75) is 52.9 Å². The van der Waals surface area contributed by atoms with Gasteiger partial charge in [0.2, 0.25) is 0 Å². The van der Waals surface area contributed by atoms with Gasteiger partial charge in [-0.2, -0.15) is 0 Å². The summed E-state index contributed by atoms with van der Waals surface area (Å²) in [6, 6.07) is 0. The Morgan fingerprint density at radius 2 is 2.27 bits per heavy atom. The molecule has 0 radical (unpaired) electrons. The number of allylic oxidation sites excluding steroid dienone is 1. The van der Waals surface area contributed by atoms with Gasteiger partial charge in [-0.25, -0.2) is 0 Å². The molecule has 0 aromatic rings. The Labute approximate surface area is 101 Å². The SMILES string of the molecule is CCOC(C)OC1C=C(Br)CC(C)(C)C1. The summed E-state index contributed by atoms with van der Waals surface area (Å²) in [5, 5.41) is 0. The molecule has 2 unspecified atom stereocenters. The molecule has 0 aromatic heterocycles. The molecule has 0 N–H and O–H groups in total. The highest BCUT2D eigenvalue weighted by Gasteiger charge is 2.29. The van der Waals surface area contributed by atoms with Crippen LogP contribution < -0.4 is 0 Å². The van der Waals surface area contributed by atoms with Crippen molar-refractivity contribution in [3.63, 3.8) is 0 Å². The van der Waals surface area contributed by atoms with Crippen molar-refractivity contribution in [2.75, 3.05) is 6.61 Å². The molecule has 1 aliphatic rings. The Balaban J connectivity index is 2.52. The molecule has 0 amide bonds. The second-order valence-corrected chi connectivity index (χ2v) is 5.87. The first kappa shape index (κ1) is 13.2. The molecule has 88 valence electrons. The van der Waals surface area contributed by atoms with Gasteiger partial charge in [-0.15, -0.1) is 0 Å². The molecule has 0 heterocycles. The second-order valence-electron chi connectivity index (χ2n) is 4.86. The van der Waals surface area contributed by atoms with Gasteiger partial charge in [-0.3, -0.25) is 0 Å². The van der Waals surface area contributed by atoms with Gasteiger partial charge in [-0.05, 0) is 42.7 Å². The first-order valence-corrected chi connectivity index (χ1v) is 6.35. The molecular formula is C12H21BrO2. The Morgan fingerprint density at radius 1 is 1.60 bits per heavy atom. The van der Waals surface area contributed by atoms with E-state index < -0.39 is 0 Å². The Hall–Kier alpha value is 0.140. The van der Waals surface area contributed by atoms with Crippen LogP contribution in [0.1, 0.15) is 40.5 Å². The van der Waals surface area contributed by atoms with Crippen LogP contribution in [0.15, 0.2) is 10.6 Å². The van der Waals surface area contributed by atoms with Crippen molar-refractivity contribution in [1.82, 2.24) is 0 Å². The Morgan fingerprint density at radius 3 is 2.80 bits per heavy atom. The first-order chi connectivity index (χ1) is 6.93. The van der Waals surface area contributed by atoms with Crippen molar-refractivity contribution in [3.8, 4) is 0 Å². The first-order valence-electron chi connectivity index (χ1n) is 5.56. The van der Waals surface area contributed by atoms with Gasteiger partial charge in [0.05, 0.1) is 6.10 Å². The third-order valence-electron chi connectivity index (χ3n) is 2.54. The van der Waals surface area contributed by atoms with Gasteiger partial charge in [0.1, 0.15) is 0 Å². The molecule has 0 fully saturated rings. The van der Waals surface area contributed by atoms with E-state index >= 15 is 0 Å². The highest BCUT2D eigenvalue weighted by atomic mass is 79.9. The molecule has 3 heteroatoms. The molecular weight excluding hydrogens is 256 g/mol. The molecule has 2 nitrogen and oxygen atoms in total. The van der Waals surface area contributed by atoms with Crippen LogP contribution in [0.2, 0.25) is 0 Å². The van der Waals surface area contributed by atoms with Crippen molar-refractivity contribution < 1.29 is 9.47 Å². The molecule has 0 aromatic carbocycles. The second kappa shape index (κ2) is 5.46. The topological polar surface area (TPSA) is 18.5 Å². The standard InChI is InChI=1S/C12H21BrO2/c1-5-14-9(2)15-11-6-10(13)7-12(3,4)8-11/h6,9,11H,5,7-8H2,1-4H3. The highest BCUT2D eigenvalue weighted by Crippen LogP contribution is 2.38. The van der Waals surface area contributed by atoms with Crippen LogP contribution in [0.3, 0.4) is 0 Å². The summed E-state index contributed by atoms with van der Waals surface area (Å²) in [5.41, 5.74) is 0.310. The van der Waals surface area contributed by atoms with E-state index in [4.69, 9.17) is 9.47 Å². The smallest absolute Gasteiger partial charge is 0.155 e. The zero-order chi connectivity index (χ0) is 11.5. The molecule has 1 rings (SSSR count). The summed E-state index contributed by atoms with van der Waals surface area (Å²) in [5.74, 6) is 0. The van der Waals surface area contributed by atoms with Gasteiger partial charge in [0, 0.05) is 6.61 Å². The number of rotatable bonds is 4. The molecule has 1 aliphatic carbocycles. The molecule has 0 aliphatic heterocycles. The van der Waals surface area contributed by atoms with Crippen LogP contribution >= 0.6 is 15.9 Å². The molecule has 2 atom stereocenters. The summed E-state index contributed by atoms with van der Waals surface area (Å²) in [4.78, 5) is 0. The van der Waals surface area contributed by atoms with E-state index in [1.165, 1.54) is 4.48 Å². The lowest BCUT2D eigenvalue weighted by molar-refractivity contribution is -0.153. The summed E-state index contributed by atoms with van der Waals surface area (Å²) in [6.45, 7) is 9.16. The normalized spacial score (nSPS) is 27.3. The maximum Gasteiger partial charge on any atom is 0.155 e. The van der Waals surface area contributed by atoms with Crippen LogP contribution in [0.25, 0.3) is 0 Å². The number of hydrogen-bond acceptors (Lipinski definition) is 2. The van der Waals surface area contributed by atoms with Crippen LogP contribution in [0.5, 0.6) is 0 Å². The molecule has 0 spiro atoms. The van der Waals surface area contributed by atoms with E-state index in [-0.39, 0.29) is 12.4 Å². The Kier molecular flexibility index (Phi) is 4.81. The minimum absolute atomic E-state index is 0.120. The van der Waals surface area contributed by atoms with E-state index in [2.05, 4.69) is 35.9 Å². The highest BCUT2D eigenvalue weighted by molar-refractivity contribution is 9.11. The number of halogens is 1. The van der Waals surface area contributed by atoms with Crippen molar-refractivity contribution >= 4 is 15.9 Å². The molecule has 0 bridgehead atoms. The fourth-order valence-corrected chi connectivity index (χ4v) is 3.05. The maximum atomic E-state index is 5.81. The van der Waals surface area contributed by atoms with Crippen LogP contribution in [0.4, 0.5) is 0 Å². The number of hydrogen-bond donors (Lipinski definition) is 0. The zero-order valence-electron chi connectivity index (χ0n) is 10.0. The third kappa shape index (κ3) is 4.66. The summed E-state index contributed by atoms with van der Waals surface area (Å²) in [7, 11) is 0. The van der Waals surface area contributed by atoms with Gasteiger partial charge < -0.3 is 9.47 Å². The lowest BCUT2D eigenvalue weighted by Crippen LogP contribution is -2.29. The van der Waals surface area contributed by atoms with Gasteiger partial charge in [-0.1, -0.05) is 29.8 Å². The lowest BCUT2D eigenvalue weighted by atomic mass is 9.80. The molecule has 15 heavy (non-hydrogen) atoms.